The summed E-state index contributed by atoms with van der Waals surface area (Å²) in [6.45, 7) is 11.3. The van der Waals surface area contributed by atoms with Gasteiger partial charge in [-0.2, -0.15) is 0 Å². The van der Waals surface area contributed by atoms with Crippen molar-refractivity contribution in [3.8, 4) is 11.5 Å². The van der Waals surface area contributed by atoms with Crippen molar-refractivity contribution in [2.24, 2.45) is 5.73 Å². The van der Waals surface area contributed by atoms with Crippen LogP contribution in [0.4, 0.5) is 0 Å². The minimum atomic E-state index is -0.319. The first-order chi connectivity index (χ1) is 25.7. The highest BCUT2D eigenvalue weighted by Gasteiger charge is 2.23. The summed E-state index contributed by atoms with van der Waals surface area (Å²) in [6.07, 6.45) is 3.29. The Labute approximate surface area is 323 Å². The van der Waals surface area contributed by atoms with E-state index in [0.717, 1.165) is 55.0 Å². The minimum absolute atomic E-state index is 0.134. The van der Waals surface area contributed by atoms with E-state index in [4.69, 9.17) is 34.5 Å². The van der Waals surface area contributed by atoms with Crippen LogP contribution in [-0.4, -0.2) is 118 Å². The third-order valence-electron chi connectivity index (χ3n) is 8.24. The van der Waals surface area contributed by atoms with Gasteiger partial charge in [-0.15, -0.1) is 0 Å². The lowest BCUT2D eigenvalue weighted by Gasteiger charge is -2.26. The lowest BCUT2D eigenvalue weighted by molar-refractivity contribution is -0.145. The highest BCUT2D eigenvalue weighted by atomic mass is 33.1. The molecule has 2 aromatic carbocycles. The molecule has 298 valence electrons. The molecule has 0 unspecified atom stereocenters. The Morgan fingerprint density at radius 2 is 1.23 bits per heavy atom. The van der Waals surface area contributed by atoms with Gasteiger partial charge in [0.1, 0.15) is 37.9 Å². The van der Waals surface area contributed by atoms with Gasteiger partial charge in [0.25, 0.3) is 0 Å². The summed E-state index contributed by atoms with van der Waals surface area (Å²) in [5.74, 6) is 2.48. The highest BCUT2D eigenvalue weighted by Crippen LogP contribution is 2.33. The maximum atomic E-state index is 12.4. The number of aliphatic hydroxyl groups excluding tert-OH is 1. The van der Waals surface area contributed by atoms with Crippen LogP contribution in [-0.2, 0) is 34.0 Å². The molecule has 2 rings (SSSR count). The molecule has 0 heterocycles. The number of benzene rings is 2. The number of hydrogen-bond donors (Lipinski definition) is 3. The number of unbranched alkanes of at least 4 members (excludes halogenated alkanes) is 2. The van der Waals surface area contributed by atoms with E-state index in [1.807, 2.05) is 48.5 Å². The van der Waals surface area contributed by atoms with Crippen LogP contribution in [0.2, 0.25) is 0 Å². The van der Waals surface area contributed by atoms with Crippen LogP contribution in [0.15, 0.2) is 48.5 Å². The summed E-state index contributed by atoms with van der Waals surface area (Å²) in [5.41, 5.74) is 7.42. The molecule has 0 amide bonds. The molecule has 0 aliphatic rings. The fourth-order valence-corrected chi connectivity index (χ4v) is 6.97. The van der Waals surface area contributed by atoms with Crippen LogP contribution in [0.25, 0.3) is 0 Å². The highest BCUT2D eigenvalue weighted by molar-refractivity contribution is 8.76. The van der Waals surface area contributed by atoms with Crippen molar-refractivity contribution in [1.82, 2.24) is 10.2 Å². The molecule has 0 saturated heterocycles. The second kappa shape index (κ2) is 28.4. The summed E-state index contributed by atoms with van der Waals surface area (Å²) in [7, 11) is 3.53. The van der Waals surface area contributed by atoms with Crippen molar-refractivity contribution in [2.45, 2.75) is 64.7 Å². The monoisotopic (exact) mass is 779 g/mol. The molecule has 0 aromatic heterocycles. The Morgan fingerprint density at radius 1 is 0.698 bits per heavy atom. The van der Waals surface area contributed by atoms with Crippen molar-refractivity contribution in [3.63, 3.8) is 0 Å². The Bertz CT molecular complexity index is 1280. The van der Waals surface area contributed by atoms with Gasteiger partial charge < -0.3 is 44.7 Å². The molecule has 0 radical (unpaired) electrons. The predicted octanol–water partition coefficient (Wildman–Crippen LogP) is 4.98. The number of nitrogens with zero attached hydrogens (tertiary/aromatic N) is 1. The van der Waals surface area contributed by atoms with Crippen LogP contribution in [0.5, 0.6) is 11.5 Å². The molecule has 53 heavy (non-hydrogen) atoms. The molecule has 0 saturated carbocycles. The summed E-state index contributed by atoms with van der Waals surface area (Å²) in [6, 6.07) is 15.8. The quantitative estimate of drug-likeness (QED) is 0.0407. The second-order valence-electron chi connectivity index (χ2n) is 12.7. The number of carbonyl (C=O) groups excluding carboxylic acids is 3. The standard InChI is InChI=1S/C39H61N3O9S2/c1-4-47-37(45)17-23-42(22-6-5-7-25-43)24-18-38(46)51-29-27-49-35-14-10-33(11-15-35)39(2,3)32-8-12-34(13-9-32)48-26-28-50-36(44)16-20-41-21-31-53-52-30-19-40/h8-15,41,43H,4-7,16-31,40H2,1-3H3. The first-order valence-electron chi connectivity index (χ1n) is 18.6. The van der Waals surface area contributed by atoms with Crippen LogP contribution in [0, 0.1) is 0 Å². The Morgan fingerprint density at radius 3 is 1.75 bits per heavy atom. The Balaban J connectivity index is 1.67. The van der Waals surface area contributed by atoms with Gasteiger partial charge in [0.05, 0.1) is 25.9 Å². The van der Waals surface area contributed by atoms with Crippen molar-refractivity contribution in [3.05, 3.63) is 59.7 Å². The van der Waals surface area contributed by atoms with E-state index in [0.29, 0.717) is 50.7 Å². The second-order valence-corrected chi connectivity index (χ2v) is 15.4. The first-order valence-corrected chi connectivity index (χ1v) is 21.1. The zero-order valence-electron chi connectivity index (χ0n) is 31.8. The Kier molecular flexibility index (Phi) is 24.8. The zero-order chi connectivity index (χ0) is 38.6. The van der Waals surface area contributed by atoms with Gasteiger partial charge in [-0.3, -0.25) is 14.4 Å². The van der Waals surface area contributed by atoms with Crippen LogP contribution >= 0.6 is 21.6 Å². The third-order valence-corrected chi connectivity index (χ3v) is 10.7. The Hall–Kier alpha value is -3.01. The van der Waals surface area contributed by atoms with Crippen LogP contribution in [0.1, 0.15) is 70.4 Å². The fraction of sp³-hybridized carbons (Fsp3) is 0.615. The fourth-order valence-electron chi connectivity index (χ4n) is 5.16. The lowest BCUT2D eigenvalue weighted by Crippen LogP contribution is -2.31. The number of esters is 3. The summed E-state index contributed by atoms with van der Waals surface area (Å²) in [5, 5.41) is 12.3. The summed E-state index contributed by atoms with van der Waals surface area (Å²) in [4.78, 5) is 38.2. The van der Waals surface area contributed by atoms with Gasteiger partial charge in [0, 0.05) is 56.3 Å². The van der Waals surface area contributed by atoms with Gasteiger partial charge in [0.2, 0.25) is 0 Å². The molecular weight excluding hydrogens is 719 g/mol. The molecular formula is C39H61N3O9S2. The van der Waals surface area contributed by atoms with Gasteiger partial charge in [-0.1, -0.05) is 59.7 Å². The molecule has 0 atom stereocenters. The molecule has 14 heteroatoms. The number of carbonyl (C=O) groups is 3. The number of ether oxygens (including phenoxy) is 5. The minimum Gasteiger partial charge on any atom is -0.490 e. The number of hydrogen-bond acceptors (Lipinski definition) is 14. The van der Waals surface area contributed by atoms with Gasteiger partial charge in [-0.05, 0) is 68.1 Å². The van der Waals surface area contributed by atoms with E-state index in [-0.39, 0.29) is 69.2 Å². The zero-order valence-corrected chi connectivity index (χ0v) is 33.4. The van der Waals surface area contributed by atoms with Crippen molar-refractivity contribution < 1.29 is 43.2 Å². The normalized spacial score (nSPS) is 11.4. The average molecular weight is 780 g/mol. The molecule has 12 nitrogen and oxygen atoms in total. The molecule has 0 fully saturated rings. The van der Waals surface area contributed by atoms with Gasteiger partial charge in [-0.25, -0.2) is 0 Å². The molecule has 0 aliphatic heterocycles. The van der Waals surface area contributed by atoms with Crippen LogP contribution < -0.4 is 20.5 Å². The lowest BCUT2D eigenvalue weighted by atomic mass is 9.78. The molecule has 0 aliphatic carbocycles. The third kappa shape index (κ3) is 20.9. The predicted molar refractivity (Wildman–Crippen MR) is 213 cm³/mol. The smallest absolute Gasteiger partial charge is 0.307 e. The summed E-state index contributed by atoms with van der Waals surface area (Å²) >= 11 is 0. The van der Waals surface area contributed by atoms with E-state index >= 15 is 0 Å². The van der Waals surface area contributed by atoms with E-state index < -0.39 is 0 Å². The summed E-state index contributed by atoms with van der Waals surface area (Å²) < 4.78 is 27.3. The van der Waals surface area contributed by atoms with E-state index in [1.54, 1.807) is 28.5 Å². The van der Waals surface area contributed by atoms with E-state index in [1.165, 1.54) is 0 Å². The number of nitrogens with two attached hydrogens (primary N) is 1. The number of aliphatic hydroxyl groups is 1. The van der Waals surface area contributed by atoms with Gasteiger partial charge >= 0.3 is 17.9 Å². The van der Waals surface area contributed by atoms with E-state index in [2.05, 4.69) is 24.1 Å². The molecule has 2 aromatic rings. The SMILES string of the molecule is CCOC(=O)CCN(CCCCCO)CCC(=O)OCCOc1ccc(C(C)(C)c2ccc(OCCOC(=O)CCNCCSSCCN)cc2)cc1. The molecule has 0 spiro atoms. The topological polar surface area (TPSA) is 159 Å². The van der Waals surface area contributed by atoms with Crippen LogP contribution in [0.3, 0.4) is 0 Å². The van der Waals surface area contributed by atoms with E-state index in [9.17, 15) is 14.4 Å². The maximum absolute atomic E-state index is 12.4. The number of nitrogens with one attached hydrogen (secondary N) is 1. The van der Waals surface area contributed by atoms with Crippen molar-refractivity contribution >= 4 is 39.5 Å². The molecule has 0 bridgehead atoms. The maximum Gasteiger partial charge on any atom is 0.307 e. The van der Waals surface area contributed by atoms with Gasteiger partial charge in [0.15, 0.2) is 0 Å². The van der Waals surface area contributed by atoms with Crippen molar-refractivity contribution in [1.29, 1.82) is 0 Å². The average Bonchev–Trinajstić information content (AvgIpc) is 3.16. The van der Waals surface area contributed by atoms with Crippen molar-refractivity contribution in [2.75, 3.05) is 90.4 Å². The first kappa shape index (κ1) is 46.1. The molecule has 4 N–H and O–H groups in total. The largest absolute Gasteiger partial charge is 0.490 e. The number of rotatable bonds is 31.